The zero-order chi connectivity index (χ0) is 17.9. The van der Waals surface area contributed by atoms with Gasteiger partial charge >= 0.3 is 0 Å². The SMILES string of the molecule is CCOc1ccc(NC(=NC)NCCCCn2cnnc2)cc1OC. The van der Waals surface area contributed by atoms with Gasteiger partial charge in [0.15, 0.2) is 17.5 Å². The Bertz CT molecular complexity index is 657. The minimum absolute atomic E-state index is 0.599. The second kappa shape index (κ2) is 10.2. The molecule has 0 aliphatic heterocycles. The van der Waals surface area contributed by atoms with Crippen LogP contribution in [0.15, 0.2) is 35.8 Å². The molecule has 0 aliphatic rings. The molecule has 0 amide bonds. The molecule has 0 bridgehead atoms. The van der Waals surface area contributed by atoms with Gasteiger partial charge in [-0.3, -0.25) is 4.99 Å². The first-order valence-electron chi connectivity index (χ1n) is 8.37. The predicted molar refractivity (Wildman–Crippen MR) is 98.4 cm³/mol. The summed E-state index contributed by atoms with van der Waals surface area (Å²) in [5.74, 6) is 2.14. The Hall–Kier alpha value is -2.77. The lowest BCUT2D eigenvalue weighted by Crippen LogP contribution is -2.31. The number of ether oxygens (including phenoxy) is 2. The fourth-order valence-corrected chi connectivity index (χ4v) is 2.30. The zero-order valence-corrected chi connectivity index (χ0v) is 15.0. The third-order valence-electron chi connectivity index (χ3n) is 3.55. The van der Waals surface area contributed by atoms with Gasteiger partial charge in [0.05, 0.1) is 13.7 Å². The van der Waals surface area contributed by atoms with E-state index in [2.05, 4.69) is 25.8 Å². The van der Waals surface area contributed by atoms with Crippen LogP contribution in [0.25, 0.3) is 0 Å². The Labute approximate surface area is 148 Å². The van der Waals surface area contributed by atoms with Crippen molar-refractivity contribution < 1.29 is 9.47 Å². The number of unbranched alkanes of at least 4 members (excludes halogenated alkanes) is 1. The van der Waals surface area contributed by atoms with Gasteiger partial charge in [-0.15, -0.1) is 10.2 Å². The Kier molecular flexibility index (Phi) is 7.55. The van der Waals surface area contributed by atoms with Crippen molar-refractivity contribution in [3.05, 3.63) is 30.9 Å². The summed E-state index contributed by atoms with van der Waals surface area (Å²) in [4.78, 5) is 4.24. The fraction of sp³-hybridized carbons (Fsp3) is 0.471. The van der Waals surface area contributed by atoms with Gasteiger partial charge in [0.25, 0.3) is 0 Å². The van der Waals surface area contributed by atoms with E-state index < -0.39 is 0 Å². The number of anilines is 1. The number of hydrogen-bond donors (Lipinski definition) is 2. The summed E-state index contributed by atoms with van der Waals surface area (Å²) in [7, 11) is 3.38. The van der Waals surface area contributed by atoms with Gasteiger partial charge < -0.3 is 24.7 Å². The van der Waals surface area contributed by atoms with Crippen LogP contribution in [0.3, 0.4) is 0 Å². The molecule has 0 fully saturated rings. The lowest BCUT2D eigenvalue weighted by atomic mass is 10.2. The highest BCUT2D eigenvalue weighted by Gasteiger charge is 2.06. The Morgan fingerprint density at radius 3 is 2.68 bits per heavy atom. The number of hydrogen-bond acceptors (Lipinski definition) is 5. The molecule has 0 spiro atoms. The highest BCUT2D eigenvalue weighted by Crippen LogP contribution is 2.30. The van der Waals surface area contributed by atoms with Crippen LogP contribution < -0.4 is 20.1 Å². The van der Waals surface area contributed by atoms with Crippen LogP contribution in [-0.2, 0) is 6.54 Å². The largest absolute Gasteiger partial charge is 0.493 e. The van der Waals surface area contributed by atoms with Crippen LogP contribution in [0.2, 0.25) is 0 Å². The minimum atomic E-state index is 0.599. The number of nitrogens with zero attached hydrogens (tertiary/aromatic N) is 4. The molecule has 2 N–H and O–H groups in total. The van der Waals surface area contributed by atoms with E-state index in [0.29, 0.717) is 12.4 Å². The lowest BCUT2D eigenvalue weighted by molar-refractivity contribution is 0.311. The zero-order valence-electron chi connectivity index (χ0n) is 15.0. The van der Waals surface area contributed by atoms with E-state index >= 15 is 0 Å². The summed E-state index contributed by atoms with van der Waals surface area (Å²) in [6, 6.07) is 5.72. The van der Waals surface area contributed by atoms with Crippen LogP contribution in [0.4, 0.5) is 5.69 Å². The number of benzene rings is 1. The maximum Gasteiger partial charge on any atom is 0.195 e. The molecule has 1 aromatic carbocycles. The molecular weight excluding hydrogens is 320 g/mol. The van der Waals surface area contributed by atoms with Gasteiger partial charge in [0.2, 0.25) is 0 Å². The maximum absolute atomic E-state index is 5.53. The van der Waals surface area contributed by atoms with Crippen molar-refractivity contribution in [3.8, 4) is 11.5 Å². The van der Waals surface area contributed by atoms with Crippen molar-refractivity contribution in [3.63, 3.8) is 0 Å². The van der Waals surface area contributed by atoms with Gasteiger partial charge in [-0.1, -0.05) is 0 Å². The second-order valence-corrected chi connectivity index (χ2v) is 5.33. The molecule has 136 valence electrons. The van der Waals surface area contributed by atoms with Gasteiger partial charge in [0, 0.05) is 31.9 Å². The molecule has 1 heterocycles. The molecule has 0 radical (unpaired) electrons. The average molecular weight is 346 g/mol. The monoisotopic (exact) mass is 346 g/mol. The van der Waals surface area contributed by atoms with E-state index in [1.807, 2.05) is 29.7 Å². The van der Waals surface area contributed by atoms with E-state index in [1.165, 1.54) is 0 Å². The average Bonchev–Trinajstić information content (AvgIpc) is 3.15. The van der Waals surface area contributed by atoms with Crippen molar-refractivity contribution in [2.24, 2.45) is 4.99 Å². The van der Waals surface area contributed by atoms with Crippen molar-refractivity contribution in [1.29, 1.82) is 0 Å². The van der Waals surface area contributed by atoms with Crippen LogP contribution in [0, 0.1) is 0 Å². The topological polar surface area (TPSA) is 85.6 Å². The number of methoxy groups -OCH3 is 1. The van der Waals surface area contributed by atoms with Gasteiger partial charge in [-0.05, 0) is 31.9 Å². The summed E-state index contributed by atoms with van der Waals surface area (Å²) in [5.41, 5.74) is 0.887. The highest BCUT2D eigenvalue weighted by atomic mass is 16.5. The Morgan fingerprint density at radius 1 is 1.20 bits per heavy atom. The third-order valence-corrected chi connectivity index (χ3v) is 3.55. The summed E-state index contributed by atoms with van der Waals surface area (Å²) in [5, 5.41) is 14.1. The van der Waals surface area contributed by atoms with Crippen molar-refractivity contribution >= 4 is 11.6 Å². The number of guanidine groups is 1. The van der Waals surface area contributed by atoms with Crippen LogP contribution >= 0.6 is 0 Å². The second-order valence-electron chi connectivity index (χ2n) is 5.33. The molecule has 0 aliphatic carbocycles. The summed E-state index contributed by atoms with van der Waals surface area (Å²) in [6.45, 7) is 4.29. The first kappa shape index (κ1) is 18.6. The molecule has 8 heteroatoms. The Morgan fingerprint density at radius 2 is 2.00 bits per heavy atom. The van der Waals surface area contributed by atoms with E-state index in [1.54, 1.807) is 26.8 Å². The van der Waals surface area contributed by atoms with E-state index in [0.717, 1.165) is 43.3 Å². The normalized spacial score (nSPS) is 11.2. The molecule has 0 unspecified atom stereocenters. The fourth-order valence-electron chi connectivity index (χ4n) is 2.30. The molecule has 25 heavy (non-hydrogen) atoms. The summed E-state index contributed by atoms with van der Waals surface area (Å²) in [6.07, 6.45) is 5.52. The first-order valence-corrected chi connectivity index (χ1v) is 8.37. The van der Waals surface area contributed by atoms with Gasteiger partial charge in [-0.2, -0.15) is 0 Å². The molecule has 2 rings (SSSR count). The van der Waals surface area contributed by atoms with Crippen LogP contribution in [0.1, 0.15) is 19.8 Å². The Balaban J connectivity index is 1.79. The molecule has 0 atom stereocenters. The molecule has 2 aromatic rings. The summed E-state index contributed by atoms with van der Waals surface area (Å²) >= 11 is 0. The minimum Gasteiger partial charge on any atom is -0.493 e. The van der Waals surface area contributed by atoms with E-state index in [4.69, 9.17) is 9.47 Å². The maximum atomic E-state index is 5.53. The number of aromatic nitrogens is 3. The lowest BCUT2D eigenvalue weighted by Gasteiger charge is -2.14. The molecule has 0 saturated carbocycles. The van der Waals surface area contributed by atoms with Crippen molar-refractivity contribution in [2.75, 3.05) is 32.6 Å². The molecule has 1 aromatic heterocycles. The third kappa shape index (κ3) is 5.98. The molecule has 0 saturated heterocycles. The molecule has 8 nitrogen and oxygen atoms in total. The van der Waals surface area contributed by atoms with Gasteiger partial charge in [0.1, 0.15) is 12.7 Å². The van der Waals surface area contributed by atoms with Crippen molar-refractivity contribution in [2.45, 2.75) is 26.3 Å². The van der Waals surface area contributed by atoms with Gasteiger partial charge in [-0.25, -0.2) is 0 Å². The number of rotatable bonds is 9. The number of aryl methyl sites for hydroxylation is 1. The molecular formula is C17H26N6O2. The highest BCUT2D eigenvalue weighted by molar-refractivity contribution is 5.93. The smallest absolute Gasteiger partial charge is 0.195 e. The number of nitrogens with one attached hydrogen (secondary N) is 2. The van der Waals surface area contributed by atoms with Crippen LogP contribution in [-0.4, -0.2) is 48.0 Å². The van der Waals surface area contributed by atoms with E-state index in [-0.39, 0.29) is 0 Å². The quantitative estimate of drug-likeness (QED) is 0.411. The first-order chi connectivity index (χ1) is 12.3. The predicted octanol–water partition coefficient (Wildman–Crippen LogP) is 2.15. The van der Waals surface area contributed by atoms with E-state index in [9.17, 15) is 0 Å². The van der Waals surface area contributed by atoms with Crippen LogP contribution in [0.5, 0.6) is 11.5 Å². The standard InChI is InChI=1S/C17H26N6O2/c1-4-25-15-8-7-14(11-16(15)24-3)22-17(18-2)19-9-5-6-10-23-12-20-21-13-23/h7-8,11-13H,4-6,9-10H2,1-3H3,(H2,18,19,22). The van der Waals surface area contributed by atoms with Crippen molar-refractivity contribution in [1.82, 2.24) is 20.1 Å². The summed E-state index contributed by atoms with van der Waals surface area (Å²) < 4.78 is 12.9. The number of aliphatic imine (C=N–C) groups is 1.